The number of carboxylic acid groups (broad SMARTS) is 2. The van der Waals surface area contributed by atoms with E-state index in [1.807, 2.05) is 19.9 Å². The van der Waals surface area contributed by atoms with Crippen LogP contribution in [-0.2, 0) is 9.59 Å². The summed E-state index contributed by atoms with van der Waals surface area (Å²) < 4.78 is 0. The van der Waals surface area contributed by atoms with Gasteiger partial charge in [0, 0.05) is 0 Å². The first-order valence-electron chi connectivity index (χ1n) is 6.18. The van der Waals surface area contributed by atoms with Crippen LogP contribution in [0.1, 0.15) is 39.5 Å². The Labute approximate surface area is 107 Å². The van der Waals surface area contributed by atoms with Crippen molar-refractivity contribution in [1.29, 1.82) is 0 Å². The molecule has 0 aromatic rings. The quantitative estimate of drug-likeness (QED) is 0.754. The maximum atomic E-state index is 11.1. The summed E-state index contributed by atoms with van der Waals surface area (Å²) in [5.74, 6) is -3.53. The van der Waals surface area contributed by atoms with Crippen LogP contribution < -0.4 is 0 Å². The van der Waals surface area contributed by atoms with Crippen LogP contribution in [0.25, 0.3) is 0 Å². The third kappa shape index (κ3) is 4.02. The number of allylic oxidation sites excluding steroid dienone is 4. The third-order valence-electron chi connectivity index (χ3n) is 3.31. The van der Waals surface area contributed by atoms with E-state index in [0.717, 1.165) is 12.0 Å². The smallest absolute Gasteiger partial charge is 0.307 e. The normalized spacial score (nSPS) is 25.8. The summed E-state index contributed by atoms with van der Waals surface area (Å²) in [4.78, 5) is 22.1. The lowest BCUT2D eigenvalue weighted by Crippen LogP contribution is -2.33. The van der Waals surface area contributed by atoms with Crippen molar-refractivity contribution >= 4 is 11.9 Å². The molecule has 2 atom stereocenters. The van der Waals surface area contributed by atoms with Crippen molar-refractivity contribution in [2.24, 2.45) is 11.8 Å². The van der Waals surface area contributed by atoms with Gasteiger partial charge in [-0.05, 0) is 39.5 Å². The lowest BCUT2D eigenvalue weighted by Gasteiger charge is -2.27. The van der Waals surface area contributed by atoms with E-state index >= 15 is 0 Å². The first kappa shape index (κ1) is 14.5. The van der Waals surface area contributed by atoms with Crippen molar-refractivity contribution in [3.63, 3.8) is 0 Å². The Bertz CT molecular complexity index is 389. The van der Waals surface area contributed by atoms with E-state index < -0.39 is 23.8 Å². The molecule has 1 saturated carbocycles. The molecule has 4 heteroatoms. The van der Waals surface area contributed by atoms with E-state index in [2.05, 4.69) is 6.08 Å². The van der Waals surface area contributed by atoms with E-state index in [-0.39, 0.29) is 0 Å². The zero-order chi connectivity index (χ0) is 13.7. The van der Waals surface area contributed by atoms with Gasteiger partial charge in [0.25, 0.3) is 0 Å². The standard InChI is InChI=1S/C14H20O4/c1-9(2)4-3-5-10-6-7-11(13(15)16)12(8-10)14(17)18/h4-5,11-12H,3,6-8H2,1-2H3,(H,15,16)(H,17,18)/b10-5-/t11-,12-/m0/s1. The van der Waals surface area contributed by atoms with Gasteiger partial charge in [-0.2, -0.15) is 0 Å². The van der Waals surface area contributed by atoms with Crippen LogP contribution in [0.2, 0.25) is 0 Å². The van der Waals surface area contributed by atoms with Gasteiger partial charge in [0.2, 0.25) is 0 Å². The molecule has 1 rings (SSSR count). The molecule has 18 heavy (non-hydrogen) atoms. The summed E-state index contributed by atoms with van der Waals surface area (Å²) in [5.41, 5.74) is 2.29. The molecule has 0 spiro atoms. The maximum Gasteiger partial charge on any atom is 0.307 e. The van der Waals surface area contributed by atoms with Gasteiger partial charge in [-0.15, -0.1) is 0 Å². The van der Waals surface area contributed by atoms with Gasteiger partial charge in [-0.25, -0.2) is 0 Å². The molecule has 0 aliphatic heterocycles. The lowest BCUT2D eigenvalue weighted by molar-refractivity contribution is -0.154. The Morgan fingerprint density at radius 1 is 1.22 bits per heavy atom. The first-order chi connectivity index (χ1) is 8.41. The predicted molar refractivity (Wildman–Crippen MR) is 68.2 cm³/mol. The van der Waals surface area contributed by atoms with Crippen LogP contribution >= 0.6 is 0 Å². The summed E-state index contributed by atoms with van der Waals surface area (Å²) in [6.07, 6.45) is 6.38. The van der Waals surface area contributed by atoms with E-state index in [0.29, 0.717) is 19.3 Å². The molecule has 100 valence electrons. The SMILES string of the molecule is CC(C)=CC/C=C1/CC[C@H](C(=O)O)[C@@H](C(=O)O)C1. The maximum absolute atomic E-state index is 11.1. The zero-order valence-corrected chi connectivity index (χ0v) is 10.8. The molecular formula is C14H20O4. The minimum atomic E-state index is -1.00. The molecule has 0 radical (unpaired) electrons. The fraction of sp³-hybridized carbons (Fsp3) is 0.571. The van der Waals surface area contributed by atoms with Crippen molar-refractivity contribution in [3.05, 3.63) is 23.3 Å². The predicted octanol–water partition coefficient (Wildman–Crippen LogP) is 2.85. The lowest BCUT2D eigenvalue weighted by atomic mass is 9.76. The summed E-state index contributed by atoms with van der Waals surface area (Å²) in [6, 6.07) is 0. The monoisotopic (exact) mass is 252 g/mol. The van der Waals surface area contributed by atoms with Crippen LogP contribution in [0, 0.1) is 11.8 Å². The molecule has 0 saturated heterocycles. The third-order valence-corrected chi connectivity index (χ3v) is 3.31. The van der Waals surface area contributed by atoms with Crippen LogP contribution in [-0.4, -0.2) is 22.2 Å². The molecule has 0 bridgehead atoms. The average Bonchev–Trinajstić information content (AvgIpc) is 2.28. The number of carbonyl (C=O) groups is 2. The molecule has 0 aromatic carbocycles. The Kier molecular flexibility index (Phi) is 5.13. The van der Waals surface area contributed by atoms with Crippen molar-refractivity contribution in [2.45, 2.75) is 39.5 Å². The molecule has 4 nitrogen and oxygen atoms in total. The minimum absolute atomic E-state index is 0.364. The molecule has 0 unspecified atom stereocenters. The molecule has 1 aliphatic rings. The largest absolute Gasteiger partial charge is 0.481 e. The number of carboxylic acids is 2. The van der Waals surface area contributed by atoms with Gasteiger partial charge in [-0.1, -0.05) is 23.3 Å². The van der Waals surface area contributed by atoms with Gasteiger partial charge in [0.1, 0.15) is 0 Å². The van der Waals surface area contributed by atoms with Crippen LogP contribution in [0.15, 0.2) is 23.3 Å². The topological polar surface area (TPSA) is 74.6 Å². The van der Waals surface area contributed by atoms with Gasteiger partial charge >= 0.3 is 11.9 Å². The Hall–Kier alpha value is -1.58. The van der Waals surface area contributed by atoms with E-state index in [1.54, 1.807) is 0 Å². The van der Waals surface area contributed by atoms with E-state index in [1.165, 1.54) is 5.57 Å². The highest BCUT2D eigenvalue weighted by molar-refractivity contribution is 5.80. The summed E-state index contributed by atoms with van der Waals surface area (Å²) in [6.45, 7) is 4.03. The van der Waals surface area contributed by atoms with Gasteiger partial charge in [-0.3, -0.25) is 9.59 Å². The molecule has 0 heterocycles. The molecular weight excluding hydrogens is 232 g/mol. The molecule has 2 N–H and O–H groups in total. The number of hydrogen-bond acceptors (Lipinski definition) is 2. The molecule has 0 amide bonds. The van der Waals surface area contributed by atoms with Crippen molar-refractivity contribution < 1.29 is 19.8 Å². The van der Waals surface area contributed by atoms with Gasteiger partial charge < -0.3 is 10.2 Å². The highest BCUT2D eigenvalue weighted by Gasteiger charge is 2.37. The average molecular weight is 252 g/mol. The first-order valence-corrected chi connectivity index (χ1v) is 6.18. The van der Waals surface area contributed by atoms with Crippen molar-refractivity contribution in [3.8, 4) is 0 Å². The van der Waals surface area contributed by atoms with Crippen LogP contribution in [0.5, 0.6) is 0 Å². The van der Waals surface area contributed by atoms with Crippen molar-refractivity contribution in [2.75, 3.05) is 0 Å². The molecule has 1 fully saturated rings. The second-order valence-corrected chi connectivity index (χ2v) is 5.01. The van der Waals surface area contributed by atoms with Crippen LogP contribution in [0.4, 0.5) is 0 Å². The Balaban J connectivity index is 2.71. The van der Waals surface area contributed by atoms with Crippen LogP contribution in [0.3, 0.4) is 0 Å². The summed E-state index contributed by atoms with van der Waals surface area (Å²) in [7, 11) is 0. The highest BCUT2D eigenvalue weighted by Crippen LogP contribution is 2.34. The summed E-state index contributed by atoms with van der Waals surface area (Å²) in [5, 5.41) is 18.1. The zero-order valence-electron chi connectivity index (χ0n) is 10.8. The van der Waals surface area contributed by atoms with Crippen molar-refractivity contribution in [1.82, 2.24) is 0 Å². The number of hydrogen-bond donors (Lipinski definition) is 2. The highest BCUT2D eigenvalue weighted by atomic mass is 16.4. The fourth-order valence-corrected chi connectivity index (χ4v) is 2.27. The minimum Gasteiger partial charge on any atom is -0.481 e. The second kappa shape index (κ2) is 6.38. The number of aliphatic carboxylic acids is 2. The molecule has 1 aliphatic carbocycles. The molecule has 0 aromatic heterocycles. The fourth-order valence-electron chi connectivity index (χ4n) is 2.27. The van der Waals surface area contributed by atoms with Gasteiger partial charge in [0.15, 0.2) is 0 Å². The van der Waals surface area contributed by atoms with E-state index in [9.17, 15) is 9.59 Å². The van der Waals surface area contributed by atoms with Gasteiger partial charge in [0.05, 0.1) is 11.8 Å². The summed E-state index contributed by atoms with van der Waals surface area (Å²) >= 11 is 0. The second-order valence-electron chi connectivity index (χ2n) is 5.01. The Morgan fingerprint density at radius 2 is 1.83 bits per heavy atom. The number of rotatable bonds is 4. The Morgan fingerprint density at radius 3 is 2.33 bits per heavy atom. The van der Waals surface area contributed by atoms with E-state index in [4.69, 9.17) is 10.2 Å².